The van der Waals surface area contributed by atoms with E-state index in [0.29, 0.717) is 5.92 Å². The van der Waals surface area contributed by atoms with Crippen LogP contribution < -0.4 is 5.32 Å². The zero-order chi connectivity index (χ0) is 16.3. The molecule has 2 aromatic heterocycles. The Morgan fingerprint density at radius 2 is 2.09 bits per heavy atom. The van der Waals surface area contributed by atoms with Gasteiger partial charge in [-0.1, -0.05) is 20.8 Å². The Balaban J connectivity index is 2.13. The maximum atomic E-state index is 12.5. The lowest BCUT2D eigenvalue weighted by Gasteiger charge is -2.13. The van der Waals surface area contributed by atoms with Crippen LogP contribution in [0.25, 0.3) is 0 Å². The molecule has 1 N–H and O–H groups in total. The molecule has 22 heavy (non-hydrogen) atoms. The van der Waals surface area contributed by atoms with Gasteiger partial charge in [0.05, 0.1) is 23.5 Å². The van der Waals surface area contributed by atoms with Gasteiger partial charge >= 0.3 is 0 Å². The van der Waals surface area contributed by atoms with Gasteiger partial charge in [-0.25, -0.2) is 0 Å². The molecule has 0 bridgehead atoms. The molecule has 0 radical (unpaired) electrons. The molecule has 0 spiro atoms. The number of carbonyl (C=O) groups is 1. The van der Waals surface area contributed by atoms with Gasteiger partial charge in [-0.05, 0) is 38.3 Å². The van der Waals surface area contributed by atoms with Gasteiger partial charge in [0, 0.05) is 16.3 Å². The molecule has 0 saturated carbocycles. The zero-order valence-electron chi connectivity index (χ0n) is 14.0. The van der Waals surface area contributed by atoms with Crippen LogP contribution in [0.3, 0.4) is 0 Å². The number of thiophene rings is 1. The second kappa shape index (κ2) is 7.09. The van der Waals surface area contributed by atoms with Crippen molar-refractivity contribution in [3.8, 4) is 0 Å². The molecule has 4 nitrogen and oxygen atoms in total. The van der Waals surface area contributed by atoms with E-state index in [1.807, 2.05) is 17.7 Å². The van der Waals surface area contributed by atoms with E-state index < -0.39 is 0 Å². The molecule has 1 amide bonds. The molecule has 1 unspecified atom stereocenters. The minimum absolute atomic E-state index is 0.0284. The van der Waals surface area contributed by atoms with E-state index >= 15 is 0 Å². The lowest BCUT2D eigenvalue weighted by molar-refractivity contribution is -0.117. The first-order chi connectivity index (χ1) is 10.4. The van der Waals surface area contributed by atoms with Crippen molar-refractivity contribution in [1.29, 1.82) is 0 Å². The van der Waals surface area contributed by atoms with E-state index in [-0.39, 0.29) is 11.8 Å². The summed E-state index contributed by atoms with van der Waals surface area (Å²) in [6, 6.07) is 4.09. The van der Waals surface area contributed by atoms with Crippen LogP contribution in [0.15, 0.2) is 18.3 Å². The van der Waals surface area contributed by atoms with Gasteiger partial charge in [-0.3, -0.25) is 9.48 Å². The summed E-state index contributed by atoms with van der Waals surface area (Å²) in [5.74, 6) is 0.416. The van der Waals surface area contributed by atoms with E-state index in [0.717, 1.165) is 29.2 Å². The van der Waals surface area contributed by atoms with E-state index in [2.05, 4.69) is 44.2 Å². The van der Waals surface area contributed by atoms with Gasteiger partial charge in [-0.15, -0.1) is 11.3 Å². The number of aryl methyl sites for hydroxylation is 1. The van der Waals surface area contributed by atoms with Gasteiger partial charge in [0.25, 0.3) is 0 Å². The molecule has 1 atom stereocenters. The van der Waals surface area contributed by atoms with Crippen molar-refractivity contribution >= 4 is 22.9 Å². The Bertz CT molecular complexity index is 642. The molecule has 120 valence electrons. The number of nitrogens with zero attached hydrogens (tertiary/aromatic N) is 2. The van der Waals surface area contributed by atoms with Crippen LogP contribution in [-0.4, -0.2) is 15.7 Å². The summed E-state index contributed by atoms with van der Waals surface area (Å²) >= 11 is 1.68. The van der Waals surface area contributed by atoms with E-state index in [9.17, 15) is 4.79 Å². The number of aromatic nitrogens is 2. The largest absolute Gasteiger partial charge is 0.323 e. The summed E-state index contributed by atoms with van der Waals surface area (Å²) in [6.07, 6.45) is 2.63. The number of hydrogen-bond acceptors (Lipinski definition) is 3. The van der Waals surface area contributed by atoms with E-state index in [1.54, 1.807) is 17.5 Å². The van der Waals surface area contributed by atoms with Crippen LogP contribution in [0.4, 0.5) is 5.69 Å². The molecule has 0 aliphatic heterocycles. The third kappa shape index (κ3) is 3.77. The van der Waals surface area contributed by atoms with E-state index in [4.69, 9.17) is 0 Å². The van der Waals surface area contributed by atoms with Crippen LogP contribution >= 0.6 is 11.3 Å². The standard InChI is InChI=1S/C17H25N3OS/c1-6-15-14(9-18-20(15)10-11(2)3)19-17(21)13(5)16-8-7-12(4)22-16/h7-9,11,13H,6,10H2,1-5H3,(H,19,21). The second-order valence-electron chi connectivity index (χ2n) is 6.09. The van der Waals surface area contributed by atoms with Crippen molar-refractivity contribution in [3.05, 3.63) is 33.8 Å². The molecule has 2 aromatic rings. The Morgan fingerprint density at radius 1 is 1.36 bits per heavy atom. The number of amides is 1. The van der Waals surface area contributed by atoms with Crippen LogP contribution in [-0.2, 0) is 17.8 Å². The maximum Gasteiger partial charge on any atom is 0.232 e. The van der Waals surface area contributed by atoms with Crippen LogP contribution in [0, 0.1) is 12.8 Å². The highest BCUT2D eigenvalue weighted by atomic mass is 32.1. The van der Waals surface area contributed by atoms with Gasteiger partial charge in [-0.2, -0.15) is 5.10 Å². The highest BCUT2D eigenvalue weighted by Crippen LogP contribution is 2.26. The topological polar surface area (TPSA) is 46.9 Å². The van der Waals surface area contributed by atoms with Gasteiger partial charge in [0.1, 0.15) is 0 Å². The molecule has 0 aliphatic carbocycles. The molecule has 0 aromatic carbocycles. The van der Waals surface area contributed by atoms with Crippen LogP contribution in [0.1, 0.15) is 49.1 Å². The van der Waals surface area contributed by atoms with Crippen molar-refractivity contribution in [2.45, 2.75) is 53.5 Å². The molecular weight excluding hydrogens is 294 g/mol. The number of anilines is 1. The summed E-state index contributed by atoms with van der Waals surface area (Å²) in [6.45, 7) is 11.3. The monoisotopic (exact) mass is 319 g/mol. The first-order valence-electron chi connectivity index (χ1n) is 7.84. The maximum absolute atomic E-state index is 12.5. The fourth-order valence-corrected chi connectivity index (χ4v) is 3.38. The van der Waals surface area contributed by atoms with Crippen LogP contribution in [0.5, 0.6) is 0 Å². The zero-order valence-corrected chi connectivity index (χ0v) is 14.8. The normalized spacial score (nSPS) is 12.6. The summed E-state index contributed by atoms with van der Waals surface area (Å²) in [7, 11) is 0. The lowest BCUT2D eigenvalue weighted by Crippen LogP contribution is -2.19. The van der Waals surface area contributed by atoms with Crippen molar-refractivity contribution in [2.75, 3.05) is 5.32 Å². The number of rotatable bonds is 6. The lowest BCUT2D eigenvalue weighted by atomic mass is 10.1. The number of nitrogens with one attached hydrogen (secondary N) is 1. The summed E-state index contributed by atoms with van der Waals surface area (Å²) in [5, 5.41) is 7.47. The predicted octanol–water partition coefficient (Wildman–Crippen LogP) is 4.21. The fourth-order valence-electron chi connectivity index (χ4n) is 2.45. The number of hydrogen-bond donors (Lipinski definition) is 1. The van der Waals surface area contributed by atoms with Crippen LogP contribution in [0.2, 0.25) is 0 Å². The SMILES string of the molecule is CCc1c(NC(=O)C(C)c2ccc(C)s2)cnn1CC(C)C. The molecule has 0 aliphatic rings. The minimum atomic E-state index is -0.142. The molecular formula is C17H25N3OS. The van der Waals surface area contributed by atoms with Crippen molar-refractivity contribution in [2.24, 2.45) is 5.92 Å². The third-order valence-corrected chi connectivity index (χ3v) is 4.84. The molecule has 2 rings (SSSR count). The second-order valence-corrected chi connectivity index (χ2v) is 7.41. The summed E-state index contributed by atoms with van der Waals surface area (Å²) in [5.41, 5.74) is 1.94. The predicted molar refractivity (Wildman–Crippen MR) is 92.5 cm³/mol. The first-order valence-corrected chi connectivity index (χ1v) is 8.65. The van der Waals surface area contributed by atoms with Gasteiger partial charge in [0.15, 0.2) is 0 Å². The average molecular weight is 319 g/mol. The molecule has 2 heterocycles. The Kier molecular flexibility index (Phi) is 5.40. The number of carbonyl (C=O) groups excluding carboxylic acids is 1. The Hall–Kier alpha value is -1.62. The summed E-state index contributed by atoms with van der Waals surface area (Å²) in [4.78, 5) is 14.8. The molecule has 0 saturated heterocycles. The fraction of sp³-hybridized carbons (Fsp3) is 0.529. The average Bonchev–Trinajstić information content (AvgIpc) is 3.04. The van der Waals surface area contributed by atoms with Gasteiger partial charge < -0.3 is 5.32 Å². The van der Waals surface area contributed by atoms with E-state index in [1.165, 1.54) is 4.88 Å². The third-order valence-electron chi connectivity index (χ3n) is 3.66. The highest BCUT2D eigenvalue weighted by molar-refractivity contribution is 7.12. The Morgan fingerprint density at radius 3 is 2.64 bits per heavy atom. The highest BCUT2D eigenvalue weighted by Gasteiger charge is 2.19. The summed E-state index contributed by atoms with van der Waals surface area (Å²) < 4.78 is 2.00. The van der Waals surface area contributed by atoms with Crippen molar-refractivity contribution in [1.82, 2.24) is 9.78 Å². The van der Waals surface area contributed by atoms with Gasteiger partial charge in [0.2, 0.25) is 5.91 Å². The molecule has 5 heteroatoms. The first kappa shape index (κ1) is 16.7. The van der Waals surface area contributed by atoms with Crippen molar-refractivity contribution in [3.63, 3.8) is 0 Å². The quantitative estimate of drug-likeness (QED) is 0.867. The van der Waals surface area contributed by atoms with Crippen molar-refractivity contribution < 1.29 is 4.79 Å². The minimum Gasteiger partial charge on any atom is -0.323 e. The molecule has 0 fully saturated rings. The Labute approximate surface area is 136 Å². The smallest absolute Gasteiger partial charge is 0.232 e.